The van der Waals surface area contributed by atoms with Gasteiger partial charge in [-0.1, -0.05) is 50.2 Å². The lowest BCUT2D eigenvalue weighted by molar-refractivity contribution is -0.393. The van der Waals surface area contributed by atoms with E-state index in [9.17, 15) is 28.8 Å². The summed E-state index contributed by atoms with van der Waals surface area (Å²) in [5.74, 6) is -3.86. The van der Waals surface area contributed by atoms with E-state index in [1.165, 1.54) is 14.7 Å². The van der Waals surface area contributed by atoms with Gasteiger partial charge in [0.2, 0.25) is 0 Å². The number of hydrogen-bond acceptors (Lipinski definition) is 23. The molecule has 26 nitrogen and oxygen atoms in total. The topological polar surface area (TPSA) is 311 Å². The number of imide groups is 3. The average molecular weight is 1400 g/mol. The van der Waals surface area contributed by atoms with E-state index in [2.05, 4.69) is 16.0 Å². The number of anilines is 3. The van der Waals surface area contributed by atoms with Crippen molar-refractivity contribution in [2.45, 2.75) is 97.7 Å². The van der Waals surface area contributed by atoms with Crippen LogP contribution in [0.3, 0.4) is 0 Å². The van der Waals surface area contributed by atoms with Crippen LogP contribution in [0.25, 0.3) is 32.3 Å². The van der Waals surface area contributed by atoms with Crippen molar-refractivity contribution in [1.29, 1.82) is 0 Å². The fourth-order valence-corrected chi connectivity index (χ4v) is 12.2. The van der Waals surface area contributed by atoms with Gasteiger partial charge in [-0.05, 0) is 95.6 Å². The number of nitrogens with two attached hydrogens (primary N) is 2. The molecule has 3 aliphatic rings. The Balaban J connectivity index is 0.799. The van der Waals surface area contributed by atoms with Crippen molar-refractivity contribution < 1.29 is 85.6 Å². The van der Waals surface area contributed by atoms with Crippen LogP contribution in [-0.2, 0) is 56.8 Å². The zero-order valence-electron chi connectivity index (χ0n) is 59.3. The first-order valence-corrected chi connectivity index (χ1v) is 35.2. The monoisotopic (exact) mass is 1400 g/mol. The molecule has 0 saturated carbocycles. The SMILES string of the molecule is CCCOCCOCCN1C(=O)c2cccc3c(NCCOC(C)COC(CC)(OCC(C)OCC(C)Nc4ccc5c6c(cccc46)C(=O)N(CCOCCOCCN)C5=O)OCC(C)OCC(C)Nc4ccc5c6c(cccc46)C(=O)N(CCOCCOCCN)C5=O)ccc(c23)C1=O. The molecule has 0 spiro atoms. The Bertz CT molecular complexity index is 3560. The van der Waals surface area contributed by atoms with Crippen molar-refractivity contribution in [2.24, 2.45) is 11.5 Å². The molecule has 6 amide bonds. The summed E-state index contributed by atoms with van der Waals surface area (Å²) in [5, 5.41) is 14.5. The Morgan fingerprint density at radius 2 is 0.703 bits per heavy atom. The minimum Gasteiger partial charge on any atom is -0.382 e. The number of nitrogens with one attached hydrogen (secondary N) is 3. The van der Waals surface area contributed by atoms with E-state index in [0.717, 1.165) is 39.6 Å². The van der Waals surface area contributed by atoms with Crippen LogP contribution in [0.15, 0.2) is 91.0 Å². The van der Waals surface area contributed by atoms with E-state index in [0.29, 0.717) is 129 Å². The molecular weight excluding hydrogens is 1300 g/mol. The smallest absolute Gasteiger partial charge is 0.282 e. The number of carbonyl (C=O) groups is 6. The number of amides is 6. The molecule has 0 radical (unpaired) electrons. The highest BCUT2D eigenvalue weighted by atomic mass is 16.9. The third kappa shape index (κ3) is 20.0. The van der Waals surface area contributed by atoms with Crippen molar-refractivity contribution in [3.05, 3.63) is 124 Å². The predicted octanol–water partition coefficient (Wildman–Crippen LogP) is 8.10. The Labute approximate surface area is 590 Å². The number of nitrogens with zero attached hydrogens (tertiary/aromatic N) is 3. The molecule has 5 atom stereocenters. The summed E-state index contributed by atoms with van der Waals surface area (Å²) in [6.45, 7) is 20.3. The molecule has 0 fully saturated rings. The molecule has 3 aliphatic heterocycles. The molecule has 6 aromatic rings. The lowest BCUT2D eigenvalue weighted by atomic mass is 9.93. The largest absolute Gasteiger partial charge is 0.382 e. The molecule has 9 rings (SSSR count). The number of ether oxygens (including phenoxy) is 12. The van der Waals surface area contributed by atoms with Crippen LogP contribution in [0.5, 0.6) is 0 Å². The first-order chi connectivity index (χ1) is 49.0. The second-order valence-electron chi connectivity index (χ2n) is 25.2. The molecule has 6 aromatic carbocycles. The minimum atomic E-state index is -1.57. The Hall–Kier alpha value is -7.64. The van der Waals surface area contributed by atoms with Gasteiger partial charge in [-0.2, -0.15) is 0 Å². The Kier molecular flexibility index (Phi) is 29.6. The quantitative estimate of drug-likeness (QED) is 0.0137. The zero-order valence-corrected chi connectivity index (χ0v) is 59.3. The highest BCUT2D eigenvalue weighted by molar-refractivity contribution is 6.29. The molecule has 7 N–H and O–H groups in total. The number of carbonyl (C=O) groups excluding carboxylic acids is 6. The van der Waals surface area contributed by atoms with Gasteiger partial charge in [0.25, 0.3) is 41.4 Å². The molecule has 0 bridgehead atoms. The van der Waals surface area contributed by atoms with Crippen molar-refractivity contribution in [3.8, 4) is 0 Å². The third-order valence-electron chi connectivity index (χ3n) is 17.3. The van der Waals surface area contributed by atoms with Gasteiger partial charge in [0.05, 0.1) is 150 Å². The molecule has 101 heavy (non-hydrogen) atoms. The lowest BCUT2D eigenvalue weighted by Gasteiger charge is -2.35. The summed E-state index contributed by atoms with van der Waals surface area (Å²) in [7, 11) is 0. The Morgan fingerprint density at radius 1 is 0.376 bits per heavy atom. The van der Waals surface area contributed by atoms with Gasteiger partial charge < -0.3 is 84.3 Å². The van der Waals surface area contributed by atoms with Crippen molar-refractivity contribution in [2.75, 3.05) is 174 Å². The van der Waals surface area contributed by atoms with E-state index in [4.69, 9.17) is 68.3 Å². The maximum atomic E-state index is 13.8. The molecular formula is C75H100N8O18. The summed E-state index contributed by atoms with van der Waals surface area (Å²) >= 11 is 0. The van der Waals surface area contributed by atoms with E-state index in [-0.39, 0.29) is 133 Å². The van der Waals surface area contributed by atoms with Crippen LogP contribution in [0.1, 0.15) is 123 Å². The second kappa shape index (κ2) is 38.6. The van der Waals surface area contributed by atoms with E-state index >= 15 is 0 Å². The van der Waals surface area contributed by atoms with Crippen LogP contribution in [0.2, 0.25) is 0 Å². The highest BCUT2D eigenvalue weighted by Crippen LogP contribution is 2.38. The molecule has 3 heterocycles. The summed E-state index contributed by atoms with van der Waals surface area (Å²) in [6, 6.07) is 26.6. The van der Waals surface area contributed by atoms with Crippen molar-refractivity contribution in [3.63, 3.8) is 0 Å². The van der Waals surface area contributed by atoms with E-state index in [1.54, 1.807) is 36.4 Å². The fourth-order valence-electron chi connectivity index (χ4n) is 12.2. The Morgan fingerprint density at radius 3 is 1.06 bits per heavy atom. The van der Waals surface area contributed by atoms with Crippen molar-refractivity contribution in [1.82, 2.24) is 14.7 Å². The fraction of sp³-hybridized carbons (Fsp3) is 0.520. The zero-order chi connectivity index (χ0) is 71.8. The van der Waals surface area contributed by atoms with Crippen molar-refractivity contribution >= 4 is 84.8 Å². The van der Waals surface area contributed by atoms with Gasteiger partial charge in [0.1, 0.15) is 0 Å². The average Bonchev–Trinajstić information content (AvgIpc) is 0.757. The summed E-state index contributed by atoms with van der Waals surface area (Å²) in [6.07, 6.45) is -0.165. The molecule has 0 aromatic heterocycles. The number of hydrogen-bond donors (Lipinski definition) is 5. The van der Waals surface area contributed by atoms with Gasteiger partial charge in [0, 0.05) is 128 Å². The second-order valence-corrected chi connectivity index (χ2v) is 25.2. The predicted molar refractivity (Wildman–Crippen MR) is 383 cm³/mol. The molecule has 5 unspecified atom stereocenters. The van der Waals surface area contributed by atoms with E-state index in [1.807, 2.05) is 103 Å². The number of benzene rings is 6. The maximum absolute atomic E-state index is 13.8. The van der Waals surface area contributed by atoms with Gasteiger partial charge in [-0.3, -0.25) is 43.5 Å². The minimum absolute atomic E-state index is 0.0712. The summed E-state index contributed by atoms with van der Waals surface area (Å²) in [4.78, 5) is 86.2. The van der Waals surface area contributed by atoms with Crippen LogP contribution in [-0.4, -0.2) is 245 Å². The first kappa shape index (κ1) is 77.5. The summed E-state index contributed by atoms with van der Waals surface area (Å²) < 4.78 is 72.0. The maximum Gasteiger partial charge on any atom is 0.282 e. The van der Waals surface area contributed by atoms with Crippen LogP contribution in [0.4, 0.5) is 17.1 Å². The van der Waals surface area contributed by atoms with Gasteiger partial charge in [-0.15, -0.1) is 0 Å². The molecule has 0 aliphatic carbocycles. The third-order valence-corrected chi connectivity index (χ3v) is 17.3. The first-order valence-electron chi connectivity index (χ1n) is 35.2. The van der Waals surface area contributed by atoms with Crippen LogP contribution < -0.4 is 27.4 Å². The molecule has 0 saturated heterocycles. The van der Waals surface area contributed by atoms with Crippen LogP contribution in [0, 0.1) is 0 Å². The van der Waals surface area contributed by atoms with Gasteiger partial charge in [0.15, 0.2) is 0 Å². The normalized spacial score (nSPS) is 15.8. The van der Waals surface area contributed by atoms with E-state index < -0.39 is 24.3 Å². The van der Waals surface area contributed by atoms with Gasteiger partial charge in [-0.25, -0.2) is 0 Å². The molecule has 26 heteroatoms. The molecule has 548 valence electrons. The van der Waals surface area contributed by atoms with Crippen LogP contribution >= 0.6 is 0 Å². The number of rotatable bonds is 49. The standard InChI is InChI=1S/C75H100N8O18/c1-8-31-90-38-41-93-35-28-81-69(84)57-16-10-13-54-63(22-19-60(66(54)57)72(81)87)78-27-34-96-51(5)46-99-75(9-2,100-47-52(6)97-44-49(3)79-64-23-20-61-67-55(64)14-11-17-58(67)70(85)82(73(61)88)29-36-94-42-39-91-32-25-76)101-48-53(7)98-45-50(4)80-65-24-21-62-68-56(65)15-12-18-59(68)71(86)83(74(62)89)30-37-95-43-40-92-33-26-77/h10-24,49-53,78-80H,8-9,25-48,76-77H2,1-7H3. The lowest BCUT2D eigenvalue weighted by Crippen LogP contribution is -2.44. The summed E-state index contributed by atoms with van der Waals surface area (Å²) in [5.41, 5.74) is 15.8. The van der Waals surface area contributed by atoms with Gasteiger partial charge >= 0.3 is 0 Å². The highest BCUT2D eigenvalue weighted by Gasteiger charge is 2.38.